The number of hydrogen-bond donors (Lipinski definition) is 2. The number of anilines is 2. The molecule has 0 saturated carbocycles. The second-order valence-corrected chi connectivity index (χ2v) is 4.75. The fourth-order valence-corrected chi connectivity index (χ4v) is 2.05. The number of nitrogens with one attached hydrogen (secondary N) is 1. The molecule has 1 aromatic rings. The summed E-state index contributed by atoms with van der Waals surface area (Å²) < 4.78 is 0.824. The van der Waals surface area contributed by atoms with Crippen LogP contribution in [0.15, 0.2) is 16.7 Å². The summed E-state index contributed by atoms with van der Waals surface area (Å²) in [5, 5.41) is 3.07. The zero-order valence-electron chi connectivity index (χ0n) is 8.90. The summed E-state index contributed by atoms with van der Waals surface area (Å²) in [6.45, 7) is 0.771. The zero-order chi connectivity index (χ0) is 11.7. The normalized spacial score (nSPS) is 20.2. The zero-order valence-corrected chi connectivity index (χ0v) is 10.5. The van der Waals surface area contributed by atoms with Crippen LogP contribution in [0.1, 0.15) is 6.42 Å². The van der Waals surface area contributed by atoms with E-state index in [1.54, 1.807) is 24.2 Å². The first-order valence-corrected chi connectivity index (χ1v) is 5.80. The van der Waals surface area contributed by atoms with E-state index < -0.39 is 0 Å². The summed E-state index contributed by atoms with van der Waals surface area (Å²) in [5.74, 6) is 0.654. The first-order chi connectivity index (χ1) is 7.58. The van der Waals surface area contributed by atoms with Crippen LogP contribution in [0.25, 0.3) is 0 Å². The number of carbonyl (C=O) groups is 1. The maximum atomic E-state index is 11.7. The Morgan fingerprint density at radius 3 is 3.00 bits per heavy atom. The van der Waals surface area contributed by atoms with Crippen molar-refractivity contribution in [3.05, 3.63) is 16.7 Å². The number of halogens is 1. The molecular formula is C10H13BrN4O. The van der Waals surface area contributed by atoms with Gasteiger partial charge in [-0.2, -0.15) is 0 Å². The summed E-state index contributed by atoms with van der Waals surface area (Å²) in [6, 6.07) is 1.55. The van der Waals surface area contributed by atoms with E-state index in [1.807, 2.05) is 0 Å². The minimum atomic E-state index is -0.207. The van der Waals surface area contributed by atoms with E-state index in [-0.39, 0.29) is 11.9 Å². The lowest BCUT2D eigenvalue weighted by Crippen LogP contribution is -2.31. The lowest BCUT2D eigenvalue weighted by molar-refractivity contribution is -0.127. The maximum absolute atomic E-state index is 11.7. The van der Waals surface area contributed by atoms with E-state index in [4.69, 9.17) is 5.73 Å². The van der Waals surface area contributed by atoms with Crippen LogP contribution in [-0.2, 0) is 4.79 Å². The van der Waals surface area contributed by atoms with Crippen molar-refractivity contribution in [1.82, 2.24) is 9.88 Å². The van der Waals surface area contributed by atoms with Crippen molar-refractivity contribution in [1.29, 1.82) is 0 Å². The average Bonchev–Trinajstić information content (AvgIpc) is 2.54. The minimum Gasteiger partial charge on any atom is -0.396 e. The fourth-order valence-electron chi connectivity index (χ4n) is 1.70. The molecule has 0 spiro atoms. The average molecular weight is 285 g/mol. The topological polar surface area (TPSA) is 71.2 Å². The van der Waals surface area contributed by atoms with Crippen LogP contribution in [0.2, 0.25) is 0 Å². The molecule has 0 radical (unpaired) electrons. The Kier molecular flexibility index (Phi) is 3.00. The maximum Gasteiger partial charge on any atom is 0.244 e. The van der Waals surface area contributed by atoms with Crippen LogP contribution in [0.4, 0.5) is 11.5 Å². The molecule has 2 heterocycles. The first kappa shape index (κ1) is 11.2. The van der Waals surface area contributed by atoms with Gasteiger partial charge in [-0.05, 0) is 28.4 Å². The summed E-state index contributed by atoms with van der Waals surface area (Å²) in [4.78, 5) is 17.5. The van der Waals surface area contributed by atoms with Crippen LogP contribution in [0, 0.1) is 0 Å². The van der Waals surface area contributed by atoms with Crippen molar-refractivity contribution >= 4 is 33.3 Å². The lowest BCUT2D eigenvalue weighted by atomic mass is 10.2. The molecule has 86 valence electrons. The van der Waals surface area contributed by atoms with Gasteiger partial charge in [0, 0.05) is 24.3 Å². The SMILES string of the molecule is CN1CCC(Nc2ncc(Br)cc2N)C1=O. The molecule has 16 heavy (non-hydrogen) atoms. The Morgan fingerprint density at radius 1 is 1.69 bits per heavy atom. The number of hydrogen-bond acceptors (Lipinski definition) is 4. The molecule has 1 fully saturated rings. The predicted octanol–water partition coefficient (Wildman–Crippen LogP) is 1.07. The third kappa shape index (κ3) is 2.11. The van der Waals surface area contributed by atoms with Crippen LogP contribution in [0.3, 0.4) is 0 Å². The second kappa shape index (κ2) is 4.29. The van der Waals surface area contributed by atoms with Gasteiger partial charge in [0.15, 0.2) is 0 Å². The summed E-state index contributed by atoms with van der Waals surface area (Å²) in [5.41, 5.74) is 6.34. The van der Waals surface area contributed by atoms with E-state index in [0.29, 0.717) is 11.5 Å². The van der Waals surface area contributed by atoms with Crippen LogP contribution >= 0.6 is 15.9 Å². The van der Waals surface area contributed by atoms with E-state index >= 15 is 0 Å². The quantitative estimate of drug-likeness (QED) is 0.852. The van der Waals surface area contributed by atoms with Crippen LogP contribution in [-0.4, -0.2) is 35.4 Å². The van der Waals surface area contributed by atoms with E-state index in [0.717, 1.165) is 17.4 Å². The molecule has 1 saturated heterocycles. The van der Waals surface area contributed by atoms with Crippen LogP contribution in [0.5, 0.6) is 0 Å². The van der Waals surface area contributed by atoms with Crippen molar-refractivity contribution in [2.45, 2.75) is 12.5 Å². The Morgan fingerprint density at radius 2 is 2.44 bits per heavy atom. The third-order valence-electron chi connectivity index (χ3n) is 2.62. The van der Waals surface area contributed by atoms with Gasteiger partial charge in [0.25, 0.3) is 0 Å². The fraction of sp³-hybridized carbons (Fsp3) is 0.400. The highest BCUT2D eigenvalue weighted by Crippen LogP contribution is 2.22. The molecule has 1 amide bonds. The number of nitrogen functional groups attached to an aromatic ring is 1. The molecule has 1 aliphatic rings. The molecule has 3 N–H and O–H groups in total. The number of pyridine rings is 1. The standard InChI is InChI=1S/C10H13BrN4O/c1-15-3-2-8(10(15)16)14-9-7(12)4-6(11)5-13-9/h4-5,8H,2-3,12H2,1H3,(H,13,14). The van der Waals surface area contributed by atoms with Crippen molar-refractivity contribution in [3.63, 3.8) is 0 Å². The van der Waals surface area contributed by atoms with Gasteiger partial charge in [-0.3, -0.25) is 4.79 Å². The number of likely N-dealkylation sites (N-methyl/N-ethyl adjacent to an activating group) is 1. The highest BCUT2D eigenvalue weighted by molar-refractivity contribution is 9.10. The minimum absolute atomic E-state index is 0.0871. The Hall–Kier alpha value is -1.30. The Bertz CT molecular complexity index is 423. The molecule has 0 aliphatic carbocycles. The van der Waals surface area contributed by atoms with Gasteiger partial charge in [0.2, 0.25) is 5.91 Å². The van der Waals surface area contributed by atoms with Gasteiger partial charge in [-0.1, -0.05) is 0 Å². The highest BCUT2D eigenvalue weighted by atomic mass is 79.9. The molecule has 1 atom stereocenters. The highest BCUT2D eigenvalue weighted by Gasteiger charge is 2.29. The summed E-state index contributed by atoms with van der Waals surface area (Å²) in [7, 11) is 1.79. The van der Waals surface area contributed by atoms with Gasteiger partial charge in [0.05, 0.1) is 5.69 Å². The van der Waals surface area contributed by atoms with Crippen molar-refractivity contribution in [3.8, 4) is 0 Å². The molecule has 2 rings (SSSR count). The third-order valence-corrected chi connectivity index (χ3v) is 3.06. The summed E-state index contributed by atoms with van der Waals surface area (Å²) in [6.07, 6.45) is 2.44. The molecule has 1 aromatic heterocycles. The number of nitrogens with two attached hydrogens (primary N) is 1. The van der Waals surface area contributed by atoms with Crippen LogP contribution < -0.4 is 11.1 Å². The molecule has 1 aliphatic heterocycles. The van der Waals surface area contributed by atoms with Gasteiger partial charge < -0.3 is 16.0 Å². The molecule has 5 nitrogen and oxygen atoms in total. The largest absolute Gasteiger partial charge is 0.396 e. The predicted molar refractivity (Wildman–Crippen MR) is 66.0 cm³/mol. The smallest absolute Gasteiger partial charge is 0.244 e. The van der Waals surface area contributed by atoms with E-state index in [2.05, 4.69) is 26.2 Å². The molecular weight excluding hydrogens is 272 g/mol. The van der Waals surface area contributed by atoms with Crippen molar-refractivity contribution in [2.75, 3.05) is 24.6 Å². The Labute approximate surface area is 102 Å². The Balaban J connectivity index is 2.12. The monoisotopic (exact) mass is 284 g/mol. The number of carbonyl (C=O) groups excluding carboxylic acids is 1. The number of rotatable bonds is 2. The van der Waals surface area contributed by atoms with Gasteiger partial charge in [0.1, 0.15) is 11.9 Å². The van der Waals surface area contributed by atoms with Gasteiger partial charge >= 0.3 is 0 Å². The van der Waals surface area contributed by atoms with E-state index in [9.17, 15) is 4.79 Å². The molecule has 0 aromatic carbocycles. The van der Waals surface area contributed by atoms with Gasteiger partial charge in [-0.25, -0.2) is 4.98 Å². The lowest BCUT2D eigenvalue weighted by Gasteiger charge is -2.14. The first-order valence-electron chi connectivity index (χ1n) is 5.00. The molecule has 0 bridgehead atoms. The second-order valence-electron chi connectivity index (χ2n) is 3.84. The summed E-state index contributed by atoms with van der Waals surface area (Å²) >= 11 is 3.28. The van der Waals surface area contributed by atoms with Gasteiger partial charge in [-0.15, -0.1) is 0 Å². The number of aromatic nitrogens is 1. The number of likely N-dealkylation sites (tertiary alicyclic amines) is 1. The van der Waals surface area contributed by atoms with Crippen molar-refractivity contribution < 1.29 is 4.79 Å². The number of amides is 1. The van der Waals surface area contributed by atoms with Crippen molar-refractivity contribution in [2.24, 2.45) is 0 Å². The van der Waals surface area contributed by atoms with E-state index in [1.165, 1.54) is 0 Å². The molecule has 6 heteroatoms. The molecule has 1 unspecified atom stereocenters. The number of nitrogens with zero attached hydrogens (tertiary/aromatic N) is 2.